The van der Waals surface area contributed by atoms with Gasteiger partial charge in [0.1, 0.15) is 5.75 Å². The predicted octanol–water partition coefficient (Wildman–Crippen LogP) is 3.55. The van der Waals surface area contributed by atoms with Crippen LogP contribution in [-0.4, -0.2) is 38.1 Å². The molecule has 0 aliphatic rings. The van der Waals surface area contributed by atoms with Crippen LogP contribution in [0.3, 0.4) is 0 Å². The van der Waals surface area contributed by atoms with Crippen LogP contribution < -0.4 is 10.1 Å². The number of pyridine rings is 1. The number of alkyl halides is 3. The largest absolute Gasteiger partial charge is 0.573 e. The zero-order valence-electron chi connectivity index (χ0n) is 16.9. The summed E-state index contributed by atoms with van der Waals surface area (Å²) in [5.41, 5.74) is 2.99. The molecule has 1 aromatic carbocycles. The van der Waals surface area contributed by atoms with Crippen LogP contribution in [0.4, 0.5) is 13.2 Å². The molecule has 0 unspecified atom stereocenters. The number of halogens is 3. The van der Waals surface area contributed by atoms with Crippen LogP contribution in [0.15, 0.2) is 42.7 Å². The number of amides is 1. The highest BCUT2D eigenvalue weighted by molar-refractivity contribution is 5.86. The van der Waals surface area contributed by atoms with E-state index >= 15 is 0 Å². The molecular formula is C21H20F3N5O2. The van der Waals surface area contributed by atoms with E-state index in [1.807, 2.05) is 24.7 Å². The third-order valence-electron chi connectivity index (χ3n) is 4.94. The van der Waals surface area contributed by atoms with Crippen molar-refractivity contribution in [2.45, 2.75) is 26.3 Å². The van der Waals surface area contributed by atoms with Crippen molar-refractivity contribution in [3.05, 3.63) is 54.1 Å². The molecule has 0 saturated heterocycles. The molecule has 3 aromatic heterocycles. The minimum atomic E-state index is -4.74. The minimum Gasteiger partial charge on any atom is -0.406 e. The molecule has 1 N–H and O–H groups in total. The maximum absolute atomic E-state index is 12.5. The molecule has 0 radical (unpaired) electrons. The van der Waals surface area contributed by atoms with Crippen LogP contribution in [0.2, 0.25) is 0 Å². The van der Waals surface area contributed by atoms with Gasteiger partial charge in [-0.05, 0) is 37.3 Å². The predicted molar refractivity (Wildman–Crippen MR) is 109 cm³/mol. The smallest absolute Gasteiger partial charge is 0.406 e. The van der Waals surface area contributed by atoms with Crippen molar-refractivity contribution in [1.29, 1.82) is 0 Å². The van der Waals surface area contributed by atoms with Crippen molar-refractivity contribution < 1.29 is 22.7 Å². The van der Waals surface area contributed by atoms with Crippen LogP contribution >= 0.6 is 0 Å². The quantitative estimate of drug-likeness (QED) is 0.507. The highest BCUT2D eigenvalue weighted by atomic mass is 19.4. The van der Waals surface area contributed by atoms with Gasteiger partial charge >= 0.3 is 6.36 Å². The van der Waals surface area contributed by atoms with Gasteiger partial charge in [-0.3, -0.25) is 14.5 Å². The number of likely N-dealkylation sites (N-methyl/N-ethyl adjacent to an activating group) is 1. The number of hydrogen-bond acceptors (Lipinski definition) is 4. The van der Waals surface area contributed by atoms with Crippen molar-refractivity contribution in [3.8, 4) is 5.75 Å². The van der Waals surface area contributed by atoms with Crippen molar-refractivity contribution in [1.82, 2.24) is 24.6 Å². The molecule has 7 nitrogen and oxygen atoms in total. The van der Waals surface area contributed by atoms with Crippen LogP contribution in [-0.2, 0) is 24.8 Å². The molecule has 0 aliphatic heterocycles. The van der Waals surface area contributed by atoms with E-state index in [-0.39, 0.29) is 18.1 Å². The summed E-state index contributed by atoms with van der Waals surface area (Å²) in [4.78, 5) is 16.3. The van der Waals surface area contributed by atoms with E-state index < -0.39 is 6.36 Å². The number of ether oxygens (including phenoxy) is 1. The van der Waals surface area contributed by atoms with Crippen molar-refractivity contribution in [2.24, 2.45) is 7.05 Å². The van der Waals surface area contributed by atoms with E-state index in [4.69, 9.17) is 0 Å². The molecule has 1 amide bonds. The Labute approximate surface area is 175 Å². The lowest BCUT2D eigenvalue weighted by molar-refractivity contribution is -0.274. The molecular weight excluding hydrogens is 411 g/mol. The monoisotopic (exact) mass is 431 g/mol. The van der Waals surface area contributed by atoms with Gasteiger partial charge in [0, 0.05) is 48.0 Å². The van der Waals surface area contributed by atoms with Gasteiger partial charge < -0.3 is 14.6 Å². The topological polar surface area (TPSA) is 74.0 Å². The van der Waals surface area contributed by atoms with Crippen molar-refractivity contribution >= 4 is 27.7 Å². The number of nitrogens with one attached hydrogen (secondary N) is 1. The lowest BCUT2D eigenvalue weighted by Crippen LogP contribution is -2.24. The van der Waals surface area contributed by atoms with Crippen LogP contribution in [0.25, 0.3) is 21.8 Å². The maximum Gasteiger partial charge on any atom is 0.573 e. The van der Waals surface area contributed by atoms with Crippen molar-refractivity contribution in [2.75, 3.05) is 6.54 Å². The SMILES string of the molecule is CCNC(=O)Cc1nccc2nn(Cc3cc4cc(OC(F)(F)F)ccc4n3C)cc12. The van der Waals surface area contributed by atoms with E-state index in [0.29, 0.717) is 29.7 Å². The summed E-state index contributed by atoms with van der Waals surface area (Å²) in [5, 5.41) is 8.73. The molecule has 3 heterocycles. The molecule has 10 heteroatoms. The van der Waals surface area contributed by atoms with Gasteiger partial charge in [-0.25, -0.2) is 0 Å². The van der Waals surface area contributed by atoms with E-state index in [1.165, 1.54) is 12.1 Å². The number of carbonyl (C=O) groups is 1. The number of benzene rings is 1. The number of aryl methyl sites for hydroxylation is 1. The summed E-state index contributed by atoms with van der Waals surface area (Å²) in [6, 6.07) is 7.82. The minimum absolute atomic E-state index is 0.110. The number of rotatable bonds is 6. The molecule has 0 fully saturated rings. The van der Waals surface area contributed by atoms with Crippen LogP contribution in [0, 0.1) is 0 Å². The van der Waals surface area contributed by atoms with Gasteiger partial charge in [0.25, 0.3) is 0 Å². The van der Waals surface area contributed by atoms with Gasteiger partial charge in [0.15, 0.2) is 0 Å². The number of nitrogens with zero attached hydrogens (tertiary/aromatic N) is 4. The number of fused-ring (bicyclic) bond motifs is 2. The molecule has 0 spiro atoms. The third kappa shape index (κ3) is 4.47. The fourth-order valence-corrected chi connectivity index (χ4v) is 3.58. The van der Waals surface area contributed by atoms with Crippen LogP contribution in [0.1, 0.15) is 18.3 Å². The van der Waals surface area contributed by atoms with Gasteiger partial charge in [0.2, 0.25) is 5.91 Å². The summed E-state index contributed by atoms with van der Waals surface area (Å²) in [5.74, 6) is -0.371. The first kappa shape index (κ1) is 20.7. The fourth-order valence-electron chi connectivity index (χ4n) is 3.58. The fraction of sp³-hybridized carbons (Fsp3) is 0.286. The van der Waals surface area contributed by atoms with Gasteiger partial charge in [0.05, 0.1) is 24.2 Å². The third-order valence-corrected chi connectivity index (χ3v) is 4.94. The normalized spacial score (nSPS) is 11.9. The zero-order valence-corrected chi connectivity index (χ0v) is 16.9. The maximum atomic E-state index is 12.5. The standard InChI is InChI=1S/C21H20F3N5O2/c1-3-25-20(30)10-18-16-12-29(27-17(16)6-7-26-18)11-14-8-13-9-15(31-21(22,23)24)4-5-19(13)28(14)2/h4-9,12H,3,10-11H2,1-2H3,(H,25,30). The molecule has 162 valence electrons. The number of hydrogen-bond donors (Lipinski definition) is 1. The lowest BCUT2D eigenvalue weighted by Gasteiger charge is -2.08. The van der Waals surface area contributed by atoms with E-state index in [9.17, 15) is 18.0 Å². The Kier molecular flexibility index (Phi) is 5.30. The van der Waals surface area contributed by atoms with Gasteiger partial charge in [-0.2, -0.15) is 5.10 Å². The van der Waals surface area contributed by atoms with E-state index in [0.717, 1.165) is 16.6 Å². The second-order valence-corrected chi connectivity index (χ2v) is 7.11. The Morgan fingerprint density at radius 2 is 2.03 bits per heavy atom. The summed E-state index contributed by atoms with van der Waals surface area (Å²) in [6.45, 7) is 2.80. The molecule has 0 aliphatic carbocycles. The molecule has 4 rings (SSSR count). The Morgan fingerprint density at radius 3 is 2.77 bits per heavy atom. The molecule has 31 heavy (non-hydrogen) atoms. The number of aromatic nitrogens is 4. The Balaban J connectivity index is 1.62. The Bertz CT molecular complexity index is 1260. The molecule has 0 atom stereocenters. The first-order valence-electron chi connectivity index (χ1n) is 9.65. The summed E-state index contributed by atoms with van der Waals surface area (Å²) < 4.78 is 45.1. The summed E-state index contributed by atoms with van der Waals surface area (Å²) >= 11 is 0. The number of carbonyl (C=O) groups excluding carboxylic acids is 1. The first-order chi connectivity index (χ1) is 14.7. The summed E-state index contributed by atoms with van der Waals surface area (Å²) in [6.07, 6.45) is -1.13. The molecule has 0 saturated carbocycles. The average Bonchev–Trinajstić information content (AvgIpc) is 3.22. The average molecular weight is 431 g/mol. The lowest BCUT2D eigenvalue weighted by atomic mass is 10.2. The van der Waals surface area contributed by atoms with Gasteiger partial charge in [-0.1, -0.05) is 0 Å². The van der Waals surface area contributed by atoms with Crippen LogP contribution in [0.5, 0.6) is 5.75 Å². The van der Waals surface area contributed by atoms with E-state index in [2.05, 4.69) is 20.1 Å². The molecule has 4 aromatic rings. The zero-order chi connectivity index (χ0) is 22.2. The molecule has 0 bridgehead atoms. The second-order valence-electron chi connectivity index (χ2n) is 7.11. The van der Waals surface area contributed by atoms with Gasteiger partial charge in [-0.15, -0.1) is 13.2 Å². The first-order valence-corrected chi connectivity index (χ1v) is 9.65. The summed E-state index contributed by atoms with van der Waals surface area (Å²) in [7, 11) is 1.84. The highest BCUT2D eigenvalue weighted by Gasteiger charge is 2.31. The second kappa shape index (κ2) is 7.93. The Hall–Kier alpha value is -3.56. The Morgan fingerprint density at radius 1 is 1.23 bits per heavy atom. The van der Waals surface area contributed by atoms with E-state index in [1.54, 1.807) is 29.1 Å². The highest BCUT2D eigenvalue weighted by Crippen LogP contribution is 2.28. The van der Waals surface area contributed by atoms with Crippen molar-refractivity contribution in [3.63, 3.8) is 0 Å².